The van der Waals surface area contributed by atoms with E-state index < -0.39 is 43.3 Å². The first-order valence-corrected chi connectivity index (χ1v) is 33.1. The van der Waals surface area contributed by atoms with Gasteiger partial charge in [0.1, 0.15) is 6.04 Å². The summed E-state index contributed by atoms with van der Waals surface area (Å²) in [6.45, 7) is 12.7. The third-order valence-corrected chi connectivity index (χ3v) is 17.1. The number of unbranched alkanes of at least 4 members (excludes halogenated alkanes) is 26. The maximum atomic E-state index is 13.7. The number of hydrogen-bond donors (Lipinski definition) is 4. The van der Waals surface area contributed by atoms with Crippen molar-refractivity contribution in [1.82, 2.24) is 10.6 Å². The lowest BCUT2D eigenvalue weighted by Crippen LogP contribution is -2.49. The van der Waals surface area contributed by atoms with Crippen molar-refractivity contribution in [3.63, 3.8) is 0 Å². The zero-order chi connectivity index (χ0) is 54.6. The van der Waals surface area contributed by atoms with Gasteiger partial charge in [-0.05, 0) is 51.2 Å². The van der Waals surface area contributed by atoms with Crippen molar-refractivity contribution in [2.45, 2.75) is 253 Å². The quantitative estimate of drug-likeness (QED) is 0.0332. The zero-order valence-electron chi connectivity index (χ0n) is 48.0. The van der Waals surface area contributed by atoms with Crippen LogP contribution in [-0.2, 0) is 47.0 Å². The van der Waals surface area contributed by atoms with Gasteiger partial charge in [0.25, 0.3) is 0 Å². The van der Waals surface area contributed by atoms with Crippen molar-refractivity contribution < 1.29 is 57.2 Å². The van der Waals surface area contributed by atoms with E-state index in [0.717, 1.165) is 77.0 Å². The molecule has 0 fully saturated rings. The maximum Gasteiger partial charge on any atom is 0.332 e. The summed E-state index contributed by atoms with van der Waals surface area (Å²) >= 11 is 1.43. The minimum absolute atomic E-state index is 0.171. The number of ether oxygens (including phenoxy) is 3. The second kappa shape index (κ2) is 53.3. The average molecular weight is 1090 g/mol. The van der Waals surface area contributed by atoms with Crippen LogP contribution < -0.4 is 10.6 Å². The minimum Gasteiger partial charge on any atom is -0.481 e. The number of carbonyl (C=O) groups is 4. The molecule has 0 aliphatic carbocycles. The second-order valence-electron chi connectivity index (χ2n) is 20.5. The van der Waals surface area contributed by atoms with Crippen molar-refractivity contribution >= 4 is 43.1 Å². The fourth-order valence-corrected chi connectivity index (χ4v) is 12.1. The summed E-state index contributed by atoms with van der Waals surface area (Å²) in [5.74, 6) is -3.41. The molecule has 0 spiro atoms. The van der Waals surface area contributed by atoms with Gasteiger partial charge in [-0.2, -0.15) is 11.8 Å². The molecule has 2 unspecified atom stereocenters. The standard InChI is InChI=1S/C58H113N2O12PS/c1-6-11-14-17-20-23-24-25-26-27-30-33-36-39-55(61)60-54(56(62)59-40-41-68-42-43-69-44-45-70-46-47-73(67,71-9-4)72-10-5)50-74-49-52(53(58(65)66)38-35-32-29-22-19-16-13-8-3)48-51(57(63)64)37-34-31-28-21-18-15-12-7-2/h51-54H,6-50H2,1-5H3,(H,59,62)(H,60,61)(H,63,64)(H,65,66)/t51?,52-,53?,54-/m0/s1. The van der Waals surface area contributed by atoms with Crippen LogP contribution in [0.25, 0.3) is 0 Å². The summed E-state index contributed by atoms with van der Waals surface area (Å²) in [5, 5.41) is 27.0. The van der Waals surface area contributed by atoms with Crippen molar-refractivity contribution in [1.29, 1.82) is 0 Å². The Hall–Kier alpha value is -1.74. The Morgan fingerprint density at radius 2 is 0.919 bits per heavy atom. The van der Waals surface area contributed by atoms with Gasteiger partial charge in [0.2, 0.25) is 11.8 Å². The molecular formula is C58H113N2O12PS. The SMILES string of the molecule is CCCCCCCCCCCCCCCC(=O)N[C@@H](CSC[C@H](CC(CCCCCCCCCC)C(=O)O)C(CCCCCCCCCC)C(=O)O)C(=O)NCCOCCOCCOCCP(=O)(OCC)OCC. The Labute approximate surface area is 456 Å². The van der Waals surface area contributed by atoms with Crippen LogP contribution in [0.1, 0.15) is 247 Å². The highest BCUT2D eigenvalue weighted by atomic mass is 32.2. The Morgan fingerprint density at radius 1 is 0.500 bits per heavy atom. The van der Waals surface area contributed by atoms with Crippen LogP contribution in [0.2, 0.25) is 0 Å². The average Bonchev–Trinajstić information content (AvgIpc) is 3.37. The Morgan fingerprint density at radius 3 is 1.36 bits per heavy atom. The van der Waals surface area contributed by atoms with Crippen LogP contribution in [0.5, 0.6) is 0 Å². The normalized spacial score (nSPS) is 13.4. The predicted molar refractivity (Wildman–Crippen MR) is 306 cm³/mol. The van der Waals surface area contributed by atoms with Crippen LogP contribution in [0.3, 0.4) is 0 Å². The van der Waals surface area contributed by atoms with Crippen LogP contribution in [-0.4, -0.2) is 117 Å². The fraction of sp³-hybridized carbons (Fsp3) is 0.931. The first-order valence-electron chi connectivity index (χ1n) is 30.2. The van der Waals surface area contributed by atoms with E-state index in [-0.39, 0.29) is 49.9 Å². The molecule has 0 aliphatic rings. The predicted octanol–water partition coefficient (Wildman–Crippen LogP) is 14.6. The van der Waals surface area contributed by atoms with Gasteiger partial charge >= 0.3 is 19.5 Å². The molecular weight excluding hydrogens is 980 g/mol. The summed E-state index contributed by atoms with van der Waals surface area (Å²) in [6, 6.07) is -0.849. The summed E-state index contributed by atoms with van der Waals surface area (Å²) in [5.41, 5.74) is 0. The molecule has 2 amide bonds. The first-order chi connectivity index (χ1) is 36.0. The lowest BCUT2D eigenvalue weighted by molar-refractivity contribution is -0.147. The Bertz CT molecular complexity index is 1360. The molecule has 0 saturated carbocycles. The Kier molecular flexibility index (Phi) is 52.0. The van der Waals surface area contributed by atoms with Gasteiger partial charge < -0.3 is 44.1 Å². The molecule has 0 aromatic heterocycles. The topological polar surface area (TPSA) is 196 Å². The highest BCUT2D eigenvalue weighted by molar-refractivity contribution is 7.99. The third kappa shape index (κ3) is 44.3. The number of carboxylic acids is 2. The molecule has 0 radical (unpaired) electrons. The number of carboxylic acid groups (broad SMARTS) is 2. The van der Waals surface area contributed by atoms with Gasteiger partial charge in [-0.25, -0.2) is 0 Å². The molecule has 4 atom stereocenters. The molecule has 14 nitrogen and oxygen atoms in total. The minimum atomic E-state index is -3.15. The van der Waals surface area contributed by atoms with E-state index in [1.54, 1.807) is 13.8 Å². The van der Waals surface area contributed by atoms with Crippen molar-refractivity contribution in [2.24, 2.45) is 17.8 Å². The molecule has 4 N–H and O–H groups in total. The van der Waals surface area contributed by atoms with E-state index in [1.165, 1.54) is 121 Å². The van der Waals surface area contributed by atoms with E-state index in [1.807, 2.05) is 0 Å². The van der Waals surface area contributed by atoms with Crippen molar-refractivity contribution in [3.05, 3.63) is 0 Å². The van der Waals surface area contributed by atoms with E-state index in [0.29, 0.717) is 64.7 Å². The second-order valence-corrected chi connectivity index (χ2v) is 23.7. The first kappa shape index (κ1) is 72.3. The van der Waals surface area contributed by atoms with Crippen LogP contribution in [0.4, 0.5) is 0 Å². The number of amides is 2. The van der Waals surface area contributed by atoms with Crippen LogP contribution in [0, 0.1) is 17.8 Å². The number of rotatable bonds is 59. The maximum absolute atomic E-state index is 13.7. The molecule has 0 aromatic rings. The zero-order valence-corrected chi connectivity index (χ0v) is 49.7. The van der Waals surface area contributed by atoms with Gasteiger partial charge in [-0.3, -0.25) is 23.7 Å². The summed E-state index contributed by atoms with van der Waals surface area (Å²) < 4.78 is 40.0. The largest absolute Gasteiger partial charge is 0.481 e. The summed E-state index contributed by atoms with van der Waals surface area (Å²) in [7, 11) is -3.15. The molecule has 0 bridgehead atoms. The van der Waals surface area contributed by atoms with E-state index in [9.17, 15) is 34.0 Å². The van der Waals surface area contributed by atoms with E-state index in [2.05, 4.69) is 31.4 Å². The fourth-order valence-electron chi connectivity index (χ4n) is 9.38. The third-order valence-electron chi connectivity index (χ3n) is 13.8. The lowest BCUT2D eigenvalue weighted by atomic mass is 9.81. The molecule has 0 aliphatic heterocycles. The molecule has 0 aromatic carbocycles. The molecule has 16 heteroatoms. The number of carbonyl (C=O) groups excluding carboxylic acids is 2. The highest BCUT2D eigenvalue weighted by Crippen LogP contribution is 2.47. The molecule has 438 valence electrons. The van der Waals surface area contributed by atoms with E-state index >= 15 is 0 Å². The molecule has 0 heterocycles. The van der Waals surface area contributed by atoms with Gasteiger partial charge in [0, 0.05) is 18.7 Å². The van der Waals surface area contributed by atoms with Crippen LogP contribution >= 0.6 is 19.4 Å². The number of aliphatic carboxylic acids is 2. The number of hydrogen-bond acceptors (Lipinski definition) is 11. The van der Waals surface area contributed by atoms with Gasteiger partial charge in [-0.1, -0.05) is 201 Å². The number of nitrogens with one attached hydrogen (secondary N) is 2. The van der Waals surface area contributed by atoms with Crippen molar-refractivity contribution in [2.75, 3.05) is 77.1 Å². The van der Waals surface area contributed by atoms with E-state index in [4.69, 9.17) is 23.3 Å². The van der Waals surface area contributed by atoms with Gasteiger partial charge in [0.05, 0.1) is 70.9 Å². The highest BCUT2D eigenvalue weighted by Gasteiger charge is 2.33. The smallest absolute Gasteiger partial charge is 0.332 e. The molecule has 74 heavy (non-hydrogen) atoms. The Balaban J connectivity index is 5.57. The monoisotopic (exact) mass is 1090 g/mol. The van der Waals surface area contributed by atoms with Gasteiger partial charge in [-0.15, -0.1) is 0 Å². The number of thioether (sulfide) groups is 1. The molecule has 0 rings (SSSR count). The van der Waals surface area contributed by atoms with Crippen LogP contribution in [0.15, 0.2) is 0 Å². The molecule has 0 saturated heterocycles. The van der Waals surface area contributed by atoms with Gasteiger partial charge in [0.15, 0.2) is 0 Å². The lowest BCUT2D eigenvalue weighted by Gasteiger charge is -2.27. The van der Waals surface area contributed by atoms with Crippen molar-refractivity contribution in [3.8, 4) is 0 Å². The summed E-state index contributed by atoms with van der Waals surface area (Å²) in [4.78, 5) is 52.8. The summed E-state index contributed by atoms with van der Waals surface area (Å²) in [6.07, 6.45) is 35.1.